The van der Waals surface area contributed by atoms with Crippen molar-refractivity contribution in [3.05, 3.63) is 29.8 Å². The van der Waals surface area contributed by atoms with E-state index in [2.05, 4.69) is 5.32 Å². The topological polar surface area (TPSA) is 59.2 Å². The van der Waals surface area contributed by atoms with Crippen molar-refractivity contribution in [1.29, 1.82) is 0 Å². The highest BCUT2D eigenvalue weighted by molar-refractivity contribution is 6.02. The number of hydrogen-bond donors (Lipinski definition) is 2. The van der Waals surface area contributed by atoms with Crippen LogP contribution in [0.2, 0.25) is 0 Å². The van der Waals surface area contributed by atoms with Gasteiger partial charge in [-0.1, -0.05) is 12.1 Å². The third-order valence-electron chi connectivity index (χ3n) is 2.20. The number of hydrogen-bond acceptors (Lipinski definition) is 2. The molecular formula is C9H9NO2. The van der Waals surface area contributed by atoms with E-state index in [9.17, 15) is 4.79 Å². The van der Waals surface area contributed by atoms with Gasteiger partial charge in [0.05, 0.1) is 0 Å². The molecule has 1 aromatic carbocycles. The molecule has 0 aromatic heterocycles. The van der Waals surface area contributed by atoms with Crippen molar-refractivity contribution in [2.45, 2.75) is 12.5 Å². The first-order chi connectivity index (χ1) is 5.63. The van der Waals surface area contributed by atoms with Crippen molar-refractivity contribution in [1.82, 2.24) is 5.32 Å². The first-order valence-electron chi connectivity index (χ1n) is 3.75. The maximum absolute atomic E-state index is 10.9. The fraction of sp³-hybridized carbons (Fsp3) is 0.222. The zero-order valence-electron chi connectivity index (χ0n) is 6.66. The molecule has 3 nitrogen and oxygen atoms in total. The van der Waals surface area contributed by atoms with Crippen LogP contribution < -0.4 is 5.32 Å². The van der Waals surface area contributed by atoms with Gasteiger partial charge in [0.15, 0.2) is 0 Å². The SMILES string of the molecule is CC1(c2ccc(O)cc2)NC1=O. The van der Waals surface area contributed by atoms with E-state index in [1.807, 2.05) is 6.92 Å². The van der Waals surface area contributed by atoms with Gasteiger partial charge in [0.1, 0.15) is 11.3 Å². The predicted octanol–water partition coefficient (Wildman–Crippen LogP) is 0.737. The Morgan fingerprint density at radius 3 is 2.25 bits per heavy atom. The maximum atomic E-state index is 10.9. The fourth-order valence-corrected chi connectivity index (χ4v) is 1.19. The first kappa shape index (κ1) is 7.16. The third-order valence-corrected chi connectivity index (χ3v) is 2.20. The maximum Gasteiger partial charge on any atom is 0.251 e. The summed E-state index contributed by atoms with van der Waals surface area (Å²) in [5, 5.41) is 11.7. The van der Waals surface area contributed by atoms with Gasteiger partial charge >= 0.3 is 0 Å². The second-order valence-electron chi connectivity index (χ2n) is 3.13. The number of carbonyl (C=O) groups is 1. The minimum atomic E-state index is -0.506. The Morgan fingerprint density at radius 2 is 1.83 bits per heavy atom. The molecule has 1 amide bonds. The number of aromatic hydroxyl groups is 1. The average Bonchev–Trinajstić information content (AvgIpc) is 2.62. The molecule has 0 aliphatic carbocycles. The van der Waals surface area contributed by atoms with Gasteiger partial charge in [-0.2, -0.15) is 0 Å². The summed E-state index contributed by atoms with van der Waals surface area (Å²) in [6.07, 6.45) is 0. The normalized spacial score (nSPS) is 26.6. The highest BCUT2D eigenvalue weighted by Gasteiger charge is 2.50. The molecule has 2 rings (SSSR count). The fourth-order valence-electron chi connectivity index (χ4n) is 1.19. The van der Waals surface area contributed by atoms with Gasteiger partial charge in [0, 0.05) is 0 Å². The number of phenolic OH excluding ortho intramolecular Hbond substituents is 1. The molecule has 1 unspecified atom stereocenters. The molecule has 1 atom stereocenters. The summed E-state index contributed by atoms with van der Waals surface area (Å²) in [6, 6.07) is 6.64. The molecule has 62 valence electrons. The summed E-state index contributed by atoms with van der Waals surface area (Å²) < 4.78 is 0. The lowest BCUT2D eigenvalue weighted by Crippen LogP contribution is -2.06. The van der Waals surface area contributed by atoms with E-state index in [1.165, 1.54) is 0 Å². The van der Waals surface area contributed by atoms with E-state index in [0.29, 0.717) is 0 Å². The van der Waals surface area contributed by atoms with Gasteiger partial charge < -0.3 is 10.4 Å². The smallest absolute Gasteiger partial charge is 0.251 e. The van der Waals surface area contributed by atoms with Crippen molar-refractivity contribution >= 4 is 5.91 Å². The van der Waals surface area contributed by atoms with Gasteiger partial charge in [-0.3, -0.25) is 4.79 Å². The Kier molecular flexibility index (Phi) is 1.19. The predicted molar refractivity (Wildman–Crippen MR) is 43.6 cm³/mol. The van der Waals surface area contributed by atoms with E-state index in [-0.39, 0.29) is 11.7 Å². The number of benzene rings is 1. The summed E-state index contributed by atoms with van der Waals surface area (Å²) in [6.45, 7) is 1.82. The zero-order valence-corrected chi connectivity index (χ0v) is 6.66. The van der Waals surface area contributed by atoms with E-state index in [0.717, 1.165) is 5.56 Å². The summed E-state index contributed by atoms with van der Waals surface area (Å²) in [4.78, 5) is 10.9. The van der Waals surface area contributed by atoms with Crippen LogP contribution in [0.25, 0.3) is 0 Å². The molecule has 2 N–H and O–H groups in total. The molecule has 0 saturated carbocycles. The second-order valence-corrected chi connectivity index (χ2v) is 3.13. The van der Waals surface area contributed by atoms with Crippen molar-refractivity contribution < 1.29 is 9.90 Å². The minimum Gasteiger partial charge on any atom is -0.508 e. The molecule has 1 heterocycles. The molecular weight excluding hydrogens is 154 g/mol. The molecule has 1 aromatic rings. The van der Waals surface area contributed by atoms with Gasteiger partial charge in [-0.05, 0) is 24.6 Å². The molecule has 0 spiro atoms. The summed E-state index contributed by atoms with van der Waals surface area (Å²) in [7, 11) is 0. The van der Waals surface area contributed by atoms with E-state index in [1.54, 1.807) is 24.3 Å². The Morgan fingerprint density at radius 1 is 1.33 bits per heavy atom. The lowest BCUT2D eigenvalue weighted by Gasteiger charge is -2.03. The number of rotatable bonds is 1. The van der Waals surface area contributed by atoms with Gasteiger partial charge in [-0.15, -0.1) is 0 Å². The van der Waals surface area contributed by atoms with E-state index < -0.39 is 5.54 Å². The molecule has 1 fully saturated rings. The largest absolute Gasteiger partial charge is 0.508 e. The zero-order chi connectivity index (χ0) is 8.77. The summed E-state index contributed by atoms with van der Waals surface area (Å²) in [5.74, 6) is 0.253. The second kappa shape index (κ2) is 2.00. The lowest BCUT2D eigenvalue weighted by molar-refractivity contribution is -0.112. The van der Waals surface area contributed by atoms with Gasteiger partial charge in [0.2, 0.25) is 0 Å². The Balaban J connectivity index is 2.37. The molecule has 0 bridgehead atoms. The molecule has 1 aliphatic heterocycles. The minimum absolute atomic E-state index is 0.0354. The van der Waals surface area contributed by atoms with Gasteiger partial charge in [-0.25, -0.2) is 0 Å². The standard InChI is InChI=1S/C9H9NO2/c1-9(8(12)10-9)6-2-4-7(11)5-3-6/h2-5,11H,1H3,(H,10,12). The average molecular weight is 163 g/mol. The highest BCUT2D eigenvalue weighted by atomic mass is 16.3. The van der Waals surface area contributed by atoms with Crippen LogP contribution >= 0.6 is 0 Å². The molecule has 0 radical (unpaired) electrons. The Bertz CT molecular complexity index is 331. The Labute approximate surface area is 70.0 Å². The monoisotopic (exact) mass is 163 g/mol. The number of amides is 1. The third kappa shape index (κ3) is 0.863. The molecule has 1 saturated heterocycles. The molecule has 12 heavy (non-hydrogen) atoms. The summed E-state index contributed by atoms with van der Waals surface area (Å²) >= 11 is 0. The number of nitrogens with one attached hydrogen (secondary N) is 1. The Hall–Kier alpha value is -1.51. The van der Waals surface area contributed by atoms with Gasteiger partial charge in [0.25, 0.3) is 5.91 Å². The van der Waals surface area contributed by atoms with Crippen molar-refractivity contribution in [3.8, 4) is 5.75 Å². The number of carbonyl (C=O) groups excluding carboxylic acids is 1. The van der Waals surface area contributed by atoms with E-state index >= 15 is 0 Å². The molecule has 3 heteroatoms. The van der Waals surface area contributed by atoms with Crippen LogP contribution in [0.3, 0.4) is 0 Å². The van der Waals surface area contributed by atoms with Crippen LogP contribution in [0, 0.1) is 0 Å². The van der Waals surface area contributed by atoms with Crippen LogP contribution in [0.4, 0.5) is 0 Å². The first-order valence-corrected chi connectivity index (χ1v) is 3.75. The molecule has 1 aliphatic rings. The van der Waals surface area contributed by atoms with Crippen LogP contribution in [-0.2, 0) is 10.3 Å². The quantitative estimate of drug-likeness (QED) is 0.600. The van der Waals surface area contributed by atoms with Crippen molar-refractivity contribution in [3.63, 3.8) is 0 Å². The number of phenols is 1. The lowest BCUT2D eigenvalue weighted by atomic mass is 10.0. The van der Waals surface area contributed by atoms with Crippen molar-refractivity contribution in [2.75, 3.05) is 0 Å². The van der Waals surface area contributed by atoms with Crippen molar-refractivity contribution in [2.24, 2.45) is 0 Å². The van der Waals surface area contributed by atoms with Crippen LogP contribution in [0.5, 0.6) is 5.75 Å². The van der Waals surface area contributed by atoms with E-state index in [4.69, 9.17) is 5.11 Å². The van der Waals surface area contributed by atoms with Crippen LogP contribution in [0.15, 0.2) is 24.3 Å². The van der Waals surface area contributed by atoms with Crippen LogP contribution in [0.1, 0.15) is 12.5 Å². The summed E-state index contributed by atoms with van der Waals surface area (Å²) in [5.41, 5.74) is 0.388. The highest BCUT2D eigenvalue weighted by Crippen LogP contribution is 2.31. The van der Waals surface area contributed by atoms with Crippen LogP contribution in [-0.4, -0.2) is 11.0 Å².